The number of phenolic OH excluding ortho intramolecular Hbond substituents is 1. The molecule has 6 heteroatoms. The third kappa shape index (κ3) is 7.95. The summed E-state index contributed by atoms with van der Waals surface area (Å²) in [6, 6.07) is 17.2. The van der Waals surface area contributed by atoms with Gasteiger partial charge in [-0.25, -0.2) is 0 Å². The van der Waals surface area contributed by atoms with Crippen LogP contribution >= 0.6 is 0 Å². The van der Waals surface area contributed by atoms with Crippen LogP contribution in [0.4, 0.5) is 0 Å². The number of hydrogen-bond acceptors (Lipinski definition) is 4. The summed E-state index contributed by atoms with van der Waals surface area (Å²) in [5.41, 5.74) is 2.62. The molecule has 3 rings (SSSR count). The van der Waals surface area contributed by atoms with E-state index in [1.807, 2.05) is 29.2 Å². The zero-order valence-corrected chi connectivity index (χ0v) is 21.8. The number of aromatic hydroxyl groups is 1. The number of nitrogens with zero attached hydrogens (tertiary/aromatic N) is 1. The van der Waals surface area contributed by atoms with Crippen molar-refractivity contribution in [3.05, 3.63) is 76.1 Å². The number of unbranched alkanes of at least 4 members (excludes halogenated alkanes) is 2. The number of ether oxygens (including phenoxy) is 1. The van der Waals surface area contributed by atoms with E-state index in [9.17, 15) is 14.7 Å². The highest BCUT2D eigenvalue weighted by atomic mass is 16.5. The van der Waals surface area contributed by atoms with E-state index in [1.165, 1.54) is 11.6 Å². The number of fused-ring (bicyclic) bond motifs is 1. The van der Waals surface area contributed by atoms with Crippen molar-refractivity contribution in [3.8, 4) is 5.75 Å². The molecule has 0 aliphatic carbocycles. The Hall–Kier alpha value is -3.12. The molecule has 0 aliphatic heterocycles. The normalized spacial score (nSPS) is 12.2. The molecule has 194 valence electrons. The lowest BCUT2D eigenvalue weighted by Gasteiger charge is -2.32. The number of carbonyl (C=O) groups is 1. The van der Waals surface area contributed by atoms with Crippen LogP contribution in [0.3, 0.4) is 0 Å². The van der Waals surface area contributed by atoms with Crippen LogP contribution in [-0.4, -0.2) is 46.7 Å². The number of benzene rings is 2. The van der Waals surface area contributed by atoms with Crippen LogP contribution < -0.4 is 5.56 Å². The Balaban J connectivity index is 1.44. The van der Waals surface area contributed by atoms with E-state index in [0.29, 0.717) is 31.1 Å². The van der Waals surface area contributed by atoms with E-state index >= 15 is 0 Å². The second-order valence-corrected chi connectivity index (χ2v) is 9.84. The van der Waals surface area contributed by atoms with E-state index < -0.39 is 0 Å². The van der Waals surface area contributed by atoms with Gasteiger partial charge in [-0.1, -0.05) is 56.7 Å². The van der Waals surface area contributed by atoms with Crippen molar-refractivity contribution in [2.45, 2.75) is 65.3 Å². The zero-order valence-electron chi connectivity index (χ0n) is 21.8. The number of pyridine rings is 1. The third-order valence-corrected chi connectivity index (χ3v) is 6.92. The molecule has 1 aromatic heterocycles. The lowest BCUT2D eigenvalue weighted by Crippen LogP contribution is -2.42. The van der Waals surface area contributed by atoms with Crippen LogP contribution in [0.2, 0.25) is 0 Å². The fraction of sp³-hybridized carbons (Fsp3) is 0.467. The molecule has 0 unspecified atom stereocenters. The molecule has 0 aliphatic rings. The number of H-pyrrole nitrogens is 1. The van der Waals surface area contributed by atoms with E-state index in [1.54, 1.807) is 12.1 Å². The van der Waals surface area contributed by atoms with Gasteiger partial charge in [-0.15, -0.1) is 0 Å². The number of rotatable bonds is 14. The van der Waals surface area contributed by atoms with E-state index in [0.717, 1.165) is 49.6 Å². The number of nitrogens with one attached hydrogen (secondary N) is 1. The van der Waals surface area contributed by atoms with Gasteiger partial charge in [-0.2, -0.15) is 0 Å². The Morgan fingerprint density at radius 1 is 0.944 bits per heavy atom. The van der Waals surface area contributed by atoms with Crippen LogP contribution in [0, 0.1) is 5.92 Å². The summed E-state index contributed by atoms with van der Waals surface area (Å²) in [6.45, 7) is 8.25. The highest BCUT2D eigenvalue weighted by Gasteiger charge is 2.21. The van der Waals surface area contributed by atoms with Crippen molar-refractivity contribution in [1.29, 1.82) is 0 Å². The maximum absolute atomic E-state index is 13.0. The lowest BCUT2D eigenvalue weighted by atomic mass is 10.0. The van der Waals surface area contributed by atoms with Gasteiger partial charge in [-0.05, 0) is 61.8 Å². The molecule has 3 aromatic rings. The predicted octanol–water partition coefficient (Wildman–Crippen LogP) is 5.47. The number of carbonyl (C=O) groups excluding carboxylic acids is 1. The number of amides is 1. The van der Waals surface area contributed by atoms with Crippen molar-refractivity contribution in [3.63, 3.8) is 0 Å². The highest BCUT2D eigenvalue weighted by molar-refractivity contribution is 5.87. The van der Waals surface area contributed by atoms with Crippen LogP contribution in [0.15, 0.2) is 59.4 Å². The molecular formula is C30H40N2O4. The Morgan fingerprint density at radius 3 is 2.47 bits per heavy atom. The fourth-order valence-corrected chi connectivity index (χ4v) is 4.44. The first-order valence-corrected chi connectivity index (χ1v) is 13.1. The summed E-state index contributed by atoms with van der Waals surface area (Å²) >= 11 is 0. The molecule has 0 fully saturated rings. The predicted molar refractivity (Wildman–Crippen MR) is 145 cm³/mol. The largest absolute Gasteiger partial charge is 0.506 e. The summed E-state index contributed by atoms with van der Waals surface area (Å²) in [5, 5.41) is 10.9. The molecule has 6 nitrogen and oxygen atoms in total. The summed E-state index contributed by atoms with van der Waals surface area (Å²) < 4.78 is 5.75. The minimum absolute atomic E-state index is 0.0901. The van der Waals surface area contributed by atoms with E-state index in [2.05, 4.69) is 37.9 Å². The van der Waals surface area contributed by atoms with E-state index in [4.69, 9.17) is 4.74 Å². The monoisotopic (exact) mass is 492 g/mol. The third-order valence-electron chi connectivity index (χ3n) is 6.92. The first-order chi connectivity index (χ1) is 17.4. The first-order valence-electron chi connectivity index (χ1n) is 13.1. The van der Waals surface area contributed by atoms with Crippen LogP contribution in [0.25, 0.3) is 10.9 Å². The van der Waals surface area contributed by atoms with Gasteiger partial charge in [0.2, 0.25) is 11.5 Å². The first kappa shape index (κ1) is 27.5. The highest BCUT2D eigenvalue weighted by Crippen LogP contribution is 2.26. The zero-order chi connectivity index (χ0) is 25.9. The van der Waals surface area contributed by atoms with Crippen molar-refractivity contribution >= 4 is 16.8 Å². The molecule has 0 radical (unpaired) electrons. The van der Waals surface area contributed by atoms with Gasteiger partial charge in [0.05, 0.1) is 25.2 Å². The van der Waals surface area contributed by atoms with Gasteiger partial charge in [0.1, 0.15) is 5.75 Å². The van der Waals surface area contributed by atoms with Gasteiger partial charge >= 0.3 is 0 Å². The minimum Gasteiger partial charge on any atom is -0.506 e. The molecule has 2 N–H and O–H groups in total. The smallest absolute Gasteiger partial charge is 0.248 e. The SMILES string of the molecule is CC(C)[C@@H](C)N(CCCCCc1ccc(O)c2[nH]c(=O)ccc12)C(=O)CCOCCc1ccccc1. The number of aromatic nitrogens is 1. The number of hydrogen-bond donors (Lipinski definition) is 2. The van der Waals surface area contributed by atoms with Crippen molar-refractivity contribution in [2.75, 3.05) is 19.8 Å². The van der Waals surface area contributed by atoms with Gasteiger partial charge in [-0.3, -0.25) is 9.59 Å². The van der Waals surface area contributed by atoms with Gasteiger partial charge < -0.3 is 19.7 Å². The van der Waals surface area contributed by atoms with Crippen molar-refractivity contribution in [2.24, 2.45) is 5.92 Å². The maximum Gasteiger partial charge on any atom is 0.248 e. The number of phenols is 1. The Kier molecular flexibility index (Phi) is 10.6. The molecule has 0 spiro atoms. The maximum atomic E-state index is 13.0. The van der Waals surface area contributed by atoms with Gasteiger partial charge in [0, 0.05) is 24.0 Å². The Morgan fingerprint density at radius 2 is 1.72 bits per heavy atom. The molecule has 0 bridgehead atoms. The minimum atomic E-state index is -0.222. The standard InChI is InChI=1S/C30H40N2O4/c1-22(2)23(3)32(29(35)18-21-36-20-17-24-10-6-4-7-11-24)19-9-5-8-12-25-13-15-27(33)30-26(25)14-16-28(34)31-30/h4,6-7,10-11,13-16,22-23,33H,5,8-9,12,17-21H2,1-3H3,(H,31,34)/t23-/m1/s1. The van der Waals surface area contributed by atoms with Crippen LogP contribution in [0.1, 0.15) is 57.6 Å². The average molecular weight is 493 g/mol. The number of aromatic amines is 1. The average Bonchev–Trinajstić information content (AvgIpc) is 2.87. The van der Waals surface area contributed by atoms with Gasteiger partial charge in [0.15, 0.2) is 0 Å². The van der Waals surface area contributed by atoms with E-state index in [-0.39, 0.29) is 23.3 Å². The quantitative estimate of drug-likeness (QED) is 0.292. The molecule has 2 aromatic carbocycles. The molecule has 36 heavy (non-hydrogen) atoms. The van der Waals surface area contributed by atoms with Crippen molar-refractivity contribution < 1.29 is 14.6 Å². The Labute approximate surface area is 214 Å². The molecule has 0 saturated carbocycles. The molecular weight excluding hydrogens is 452 g/mol. The second-order valence-electron chi connectivity index (χ2n) is 9.84. The molecule has 1 amide bonds. The summed E-state index contributed by atoms with van der Waals surface area (Å²) in [4.78, 5) is 29.4. The summed E-state index contributed by atoms with van der Waals surface area (Å²) in [6.07, 6.45) is 5.01. The van der Waals surface area contributed by atoms with Crippen molar-refractivity contribution in [1.82, 2.24) is 9.88 Å². The van der Waals surface area contributed by atoms with Gasteiger partial charge in [0.25, 0.3) is 0 Å². The molecule has 0 saturated heterocycles. The van der Waals surface area contributed by atoms with Crippen LogP contribution in [0.5, 0.6) is 5.75 Å². The fourth-order valence-electron chi connectivity index (χ4n) is 4.44. The lowest BCUT2D eigenvalue weighted by molar-refractivity contribution is -0.135. The number of aryl methyl sites for hydroxylation is 1. The molecule has 1 heterocycles. The topological polar surface area (TPSA) is 82.6 Å². The summed E-state index contributed by atoms with van der Waals surface area (Å²) in [7, 11) is 0. The van der Waals surface area contributed by atoms with Crippen LogP contribution in [-0.2, 0) is 22.4 Å². The summed E-state index contributed by atoms with van der Waals surface area (Å²) in [5.74, 6) is 0.634. The Bertz CT molecular complexity index is 1160. The second kappa shape index (κ2) is 13.8. The molecule has 1 atom stereocenters.